The fourth-order valence-electron chi connectivity index (χ4n) is 5.51. The Morgan fingerprint density at radius 2 is 1.28 bits per heavy atom. The maximum Gasteiger partial charge on any atom is 0.277 e. The van der Waals surface area contributed by atoms with Gasteiger partial charge in [-0.25, -0.2) is 4.98 Å². The predicted molar refractivity (Wildman–Crippen MR) is 186 cm³/mol. The predicted octanol–water partition coefficient (Wildman–Crippen LogP) is 10.9. The molecule has 1 atom stereocenters. The summed E-state index contributed by atoms with van der Waals surface area (Å²) in [5.41, 5.74) is 1.72. The van der Waals surface area contributed by atoms with E-state index >= 15 is 0 Å². The summed E-state index contributed by atoms with van der Waals surface area (Å²) in [7, 11) is 0. The zero-order valence-corrected chi connectivity index (χ0v) is 27.2. The summed E-state index contributed by atoms with van der Waals surface area (Å²) >= 11 is 24.5. The van der Waals surface area contributed by atoms with Crippen LogP contribution in [0.3, 0.4) is 0 Å². The third kappa shape index (κ3) is 6.81. The second kappa shape index (κ2) is 13.7. The molecular formula is C34H22Cl4N4O5. The minimum absolute atomic E-state index is 0.00778. The van der Waals surface area contributed by atoms with Gasteiger partial charge in [0.1, 0.15) is 6.10 Å². The highest BCUT2D eigenvalue weighted by Gasteiger charge is 2.21. The van der Waals surface area contributed by atoms with Gasteiger partial charge in [0.15, 0.2) is 0 Å². The highest BCUT2D eigenvalue weighted by molar-refractivity contribution is 6.35. The van der Waals surface area contributed by atoms with Gasteiger partial charge in [-0.3, -0.25) is 20.2 Å². The average Bonchev–Trinajstić information content (AvgIpc) is 3.56. The molecule has 13 heteroatoms. The lowest BCUT2D eigenvalue weighted by Crippen LogP contribution is -2.12. The lowest BCUT2D eigenvalue weighted by atomic mass is 9.93. The number of ether oxygens (including phenoxy) is 1. The van der Waals surface area contributed by atoms with E-state index < -0.39 is 9.85 Å². The third-order valence-corrected chi connectivity index (χ3v) is 8.86. The van der Waals surface area contributed by atoms with E-state index in [0.717, 1.165) is 21.9 Å². The van der Waals surface area contributed by atoms with E-state index in [4.69, 9.17) is 51.1 Å². The van der Waals surface area contributed by atoms with Crippen molar-refractivity contribution < 1.29 is 14.6 Å². The molecule has 47 heavy (non-hydrogen) atoms. The number of nitro groups is 2. The van der Waals surface area contributed by atoms with Gasteiger partial charge in [0.2, 0.25) is 0 Å². The Morgan fingerprint density at radius 1 is 0.723 bits per heavy atom. The van der Waals surface area contributed by atoms with Crippen molar-refractivity contribution in [3.8, 4) is 0 Å². The second-order valence-electron chi connectivity index (χ2n) is 10.6. The van der Waals surface area contributed by atoms with E-state index in [2.05, 4.69) is 4.98 Å². The normalized spacial score (nSPS) is 11.9. The molecule has 0 aliphatic heterocycles. The summed E-state index contributed by atoms with van der Waals surface area (Å²) in [6.07, 6.45) is 5.03. The number of hydrogen-bond donors (Lipinski definition) is 0. The van der Waals surface area contributed by atoms with Crippen LogP contribution in [0.2, 0.25) is 20.1 Å². The van der Waals surface area contributed by atoms with Crippen LogP contribution in [0.1, 0.15) is 17.2 Å². The molecule has 0 N–H and O–H groups in total. The number of halogens is 4. The topological polar surface area (TPSA) is 113 Å². The van der Waals surface area contributed by atoms with Crippen molar-refractivity contribution in [2.45, 2.75) is 19.3 Å². The molecule has 0 aliphatic rings. The van der Waals surface area contributed by atoms with Gasteiger partial charge < -0.3 is 9.30 Å². The molecule has 7 rings (SSSR count). The highest BCUT2D eigenvalue weighted by Crippen LogP contribution is 2.41. The number of benzene rings is 6. The molecule has 0 saturated heterocycles. The molecule has 6 aromatic carbocycles. The quantitative estimate of drug-likeness (QED) is 0.0882. The third-order valence-electron chi connectivity index (χ3n) is 7.71. The summed E-state index contributed by atoms with van der Waals surface area (Å²) in [5, 5.41) is 28.8. The Hall–Kier alpha value is -4.51. The molecule has 0 radical (unpaired) electrons. The van der Waals surface area contributed by atoms with E-state index in [0.29, 0.717) is 54.8 Å². The fraction of sp³-hybridized carbons (Fsp3) is 0.0882. The van der Waals surface area contributed by atoms with Crippen LogP contribution in [0.25, 0.3) is 32.3 Å². The lowest BCUT2D eigenvalue weighted by Gasteiger charge is -2.21. The minimum Gasteiger partial charge on any atom is -0.367 e. The maximum atomic E-state index is 11.2. The maximum absolute atomic E-state index is 11.2. The molecule has 1 aromatic heterocycles. The van der Waals surface area contributed by atoms with Crippen LogP contribution in [0.15, 0.2) is 104 Å². The van der Waals surface area contributed by atoms with Gasteiger partial charge in [0.05, 0.1) is 40.1 Å². The van der Waals surface area contributed by atoms with E-state index in [9.17, 15) is 20.2 Å². The van der Waals surface area contributed by atoms with E-state index in [-0.39, 0.29) is 17.5 Å². The SMILES string of the molecule is Clc1ccc(COC(Cn2ccnc2)c2ccc(Cl)cc2Cl)c(Cl)c1.O=[N+]([O-])c1ccc2ccc3c([N+](=O)[O-])ccc4ccc1c2c43. The molecule has 0 aliphatic carbocycles. The first kappa shape index (κ1) is 32.4. The Kier molecular flexibility index (Phi) is 9.45. The van der Waals surface area contributed by atoms with Crippen molar-refractivity contribution in [2.24, 2.45) is 0 Å². The van der Waals surface area contributed by atoms with Gasteiger partial charge >= 0.3 is 0 Å². The summed E-state index contributed by atoms with van der Waals surface area (Å²) in [4.78, 5) is 25.6. The van der Waals surface area contributed by atoms with Crippen molar-refractivity contribution in [1.82, 2.24) is 9.55 Å². The van der Waals surface area contributed by atoms with Gasteiger partial charge in [-0.2, -0.15) is 0 Å². The molecule has 0 spiro atoms. The molecule has 0 bridgehead atoms. The van der Waals surface area contributed by atoms with Gasteiger partial charge in [0, 0.05) is 61.0 Å². The van der Waals surface area contributed by atoms with Gasteiger partial charge in [0.25, 0.3) is 11.4 Å². The molecule has 0 fully saturated rings. The van der Waals surface area contributed by atoms with Crippen LogP contribution >= 0.6 is 46.4 Å². The molecule has 236 valence electrons. The number of rotatable bonds is 8. The molecule has 0 saturated carbocycles. The Labute approximate surface area is 287 Å². The summed E-state index contributed by atoms with van der Waals surface area (Å²) in [6.45, 7) is 0.890. The fourth-order valence-corrected chi connectivity index (χ4v) is 6.50. The molecule has 1 heterocycles. The van der Waals surface area contributed by atoms with Crippen LogP contribution in [0.4, 0.5) is 11.4 Å². The van der Waals surface area contributed by atoms with Crippen molar-refractivity contribution in [2.75, 3.05) is 0 Å². The Morgan fingerprint density at radius 3 is 1.79 bits per heavy atom. The number of aromatic nitrogens is 2. The molecule has 9 nitrogen and oxygen atoms in total. The first-order chi connectivity index (χ1) is 22.6. The monoisotopic (exact) mass is 706 g/mol. The van der Waals surface area contributed by atoms with Gasteiger partial charge in [-0.05, 0) is 64.9 Å². The number of nitro benzene ring substituents is 2. The van der Waals surface area contributed by atoms with E-state index in [1.807, 2.05) is 22.9 Å². The van der Waals surface area contributed by atoms with Gasteiger partial charge in [-0.1, -0.05) is 70.7 Å². The van der Waals surface area contributed by atoms with Crippen molar-refractivity contribution in [3.05, 3.63) is 155 Å². The zero-order chi connectivity index (χ0) is 33.2. The number of imidazole rings is 1. The Bertz CT molecular complexity index is 2170. The first-order valence-corrected chi connectivity index (χ1v) is 15.6. The summed E-state index contributed by atoms with van der Waals surface area (Å²) in [6, 6.07) is 23.9. The average molecular weight is 708 g/mol. The second-order valence-corrected chi connectivity index (χ2v) is 12.3. The van der Waals surface area contributed by atoms with Crippen molar-refractivity contribution >= 4 is 90.1 Å². The van der Waals surface area contributed by atoms with Crippen LogP contribution in [0, 0.1) is 20.2 Å². The van der Waals surface area contributed by atoms with Crippen LogP contribution in [-0.4, -0.2) is 19.4 Å². The van der Waals surface area contributed by atoms with Crippen LogP contribution < -0.4 is 0 Å². The summed E-state index contributed by atoms with van der Waals surface area (Å²) in [5.74, 6) is 0. The standard InChI is InChI=1S/C18H14Cl4N2O.C16H8N2O4/c19-13-2-1-12(16(21)7-13)10-25-18(9-24-6-5-23-11-24)15-4-3-14(20)8-17(15)22;19-17(20)13-8-4-10-2-6-12-14(18(21)22)7-3-9-1-5-11(13)16(10)15(9)12/h1-8,11,18H,9-10H2;1-8H. The molecule has 0 amide bonds. The largest absolute Gasteiger partial charge is 0.367 e. The molecule has 7 aromatic rings. The number of nitrogens with zero attached hydrogens (tertiary/aromatic N) is 4. The molecular weight excluding hydrogens is 686 g/mol. The van der Waals surface area contributed by atoms with E-state index in [1.165, 1.54) is 12.1 Å². The van der Waals surface area contributed by atoms with Crippen LogP contribution in [0.5, 0.6) is 0 Å². The summed E-state index contributed by atoms with van der Waals surface area (Å²) < 4.78 is 8.05. The zero-order valence-electron chi connectivity index (χ0n) is 24.1. The Balaban J connectivity index is 0.000000165. The van der Waals surface area contributed by atoms with Gasteiger partial charge in [-0.15, -0.1) is 0 Å². The van der Waals surface area contributed by atoms with Crippen molar-refractivity contribution in [3.63, 3.8) is 0 Å². The van der Waals surface area contributed by atoms with E-state index in [1.54, 1.807) is 73.2 Å². The number of hydrogen-bond acceptors (Lipinski definition) is 6. The molecule has 1 unspecified atom stereocenters. The minimum atomic E-state index is -0.430. The van der Waals surface area contributed by atoms with Crippen LogP contribution in [-0.2, 0) is 17.9 Å². The van der Waals surface area contributed by atoms with Crippen molar-refractivity contribution in [1.29, 1.82) is 0 Å². The number of non-ortho nitro benzene ring substituents is 2. The smallest absolute Gasteiger partial charge is 0.277 e. The highest BCUT2D eigenvalue weighted by atomic mass is 35.5. The lowest BCUT2D eigenvalue weighted by molar-refractivity contribution is -0.383. The first-order valence-electron chi connectivity index (χ1n) is 14.1.